The van der Waals surface area contributed by atoms with Crippen molar-refractivity contribution in [3.05, 3.63) is 18.3 Å². The number of pyridine rings is 1. The van der Waals surface area contributed by atoms with E-state index in [1.165, 1.54) is 0 Å². The Morgan fingerprint density at radius 2 is 2.17 bits per heavy atom. The summed E-state index contributed by atoms with van der Waals surface area (Å²) in [5, 5.41) is 0. The SMILES string of the molecule is CC(C)N(C)c1ccnc(N)c1. The zero-order valence-electron chi connectivity index (χ0n) is 7.78. The van der Waals surface area contributed by atoms with Gasteiger partial charge in [0.1, 0.15) is 5.82 Å². The van der Waals surface area contributed by atoms with Gasteiger partial charge in [-0.05, 0) is 19.9 Å². The van der Waals surface area contributed by atoms with Gasteiger partial charge in [-0.3, -0.25) is 0 Å². The van der Waals surface area contributed by atoms with E-state index >= 15 is 0 Å². The topological polar surface area (TPSA) is 42.2 Å². The Bertz CT molecular complexity index is 258. The van der Waals surface area contributed by atoms with Crippen molar-refractivity contribution in [1.82, 2.24) is 4.98 Å². The molecule has 0 saturated carbocycles. The van der Waals surface area contributed by atoms with E-state index < -0.39 is 0 Å². The third-order valence-electron chi connectivity index (χ3n) is 1.95. The van der Waals surface area contributed by atoms with Crippen LogP contribution in [-0.4, -0.2) is 18.1 Å². The molecular weight excluding hydrogens is 150 g/mol. The van der Waals surface area contributed by atoms with Gasteiger partial charge in [0.2, 0.25) is 0 Å². The Kier molecular flexibility index (Phi) is 2.53. The van der Waals surface area contributed by atoms with E-state index in [4.69, 9.17) is 5.73 Å². The second-order valence-electron chi connectivity index (χ2n) is 3.14. The highest BCUT2D eigenvalue weighted by atomic mass is 15.1. The summed E-state index contributed by atoms with van der Waals surface area (Å²) in [5.41, 5.74) is 6.67. The molecule has 0 atom stereocenters. The van der Waals surface area contributed by atoms with Gasteiger partial charge < -0.3 is 10.6 Å². The fourth-order valence-electron chi connectivity index (χ4n) is 0.954. The summed E-state index contributed by atoms with van der Waals surface area (Å²) in [5.74, 6) is 0.569. The lowest BCUT2D eigenvalue weighted by atomic mass is 10.3. The predicted molar refractivity (Wildman–Crippen MR) is 52.2 cm³/mol. The average Bonchev–Trinajstić information content (AvgIpc) is 2.03. The van der Waals surface area contributed by atoms with Crippen LogP contribution in [0.3, 0.4) is 0 Å². The highest BCUT2D eigenvalue weighted by Gasteiger charge is 2.04. The van der Waals surface area contributed by atoms with Crippen molar-refractivity contribution in [2.24, 2.45) is 0 Å². The third-order valence-corrected chi connectivity index (χ3v) is 1.95. The molecule has 0 aliphatic heterocycles. The lowest BCUT2D eigenvalue weighted by molar-refractivity contribution is 0.754. The molecule has 0 amide bonds. The molecule has 0 aliphatic carbocycles. The quantitative estimate of drug-likeness (QED) is 0.722. The molecule has 1 aromatic heterocycles. The molecule has 1 aromatic rings. The maximum absolute atomic E-state index is 5.56. The minimum absolute atomic E-state index is 0.479. The highest BCUT2D eigenvalue weighted by Crippen LogP contribution is 2.15. The first-order valence-electron chi connectivity index (χ1n) is 4.05. The molecule has 12 heavy (non-hydrogen) atoms. The van der Waals surface area contributed by atoms with Crippen molar-refractivity contribution < 1.29 is 0 Å². The number of anilines is 2. The zero-order valence-corrected chi connectivity index (χ0v) is 7.78. The first-order valence-corrected chi connectivity index (χ1v) is 4.05. The predicted octanol–water partition coefficient (Wildman–Crippen LogP) is 1.51. The van der Waals surface area contributed by atoms with Gasteiger partial charge in [-0.2, -0.15) is 0 Å². The molecule has 66 valence electrons. The monoisotopic (exact) mass is 165 g/mol. The highest BCUT2D eigenvalue weighted by molar-refractivity contribution is 5.51. The van der Waals surface area contributed by atoms with E-state index in [2.05, 4.69) is 23.7 Å². The van der Waals surface area contributed by atoms with Gasteiger partial charge >= 0.3 is 0 Å². The van der Waals surface area contributed by atoms with Gasteiger partial charge in [0.25, 0.3) is 0 Å². The standard InChI is InChI=1S/C9H15N3/c1-7(2)12(3)8-4-5-11-9(10)6-8/h4-7H,1-3H3,(H2,10,11). The van der Waals surface area contributed by atoms with Crippen LogP contribution in [0, 0.1) is 0 Å². The first-order chi connectivity index (χ1) is 5.61. The lowest BCUT2D eigenvalue weighted by Gasteiger charge is -2.23. The summed E-state index contributed by atoms with van der Waals surface area (Å²) in [6, 6.07) is 4.31. The molecule has 0 aromatic carbocycles. The van der Waals surface area contributed by atoms with E-state index in [1.54, 1.807) is 6.20 Å². The second-order valence-corrected chi connectivity index (χ2v) is 3.14. The smallest absolute Gasteiger partial charge is 0.125 e. The van der Waals surface area contributed by atoms with E-state index in [0.717, 1.165) is 5.69 Å². The maximum Gasteiger partial charge on any atom is 0.125 e. The lowest BCUT2D eigenvalue weighted by Crippen LogP contribution is -2.25. The van der Waals surface area contributed by atoms with Gasteiger partial charge in [0.05, 0.1) is 0 Å². The van der Waals surface area contributed by atoms with Crippen LogP contribution in [0.5, 0.6) is 0 Å². The molecule has 0 saturated heterocycles. The van der Waals surface area contributed by atoms with Crippen LogP contribution in [0.15, 0.2) is 18.3 Å². The van der Waals surface area contributed by atoms with Gasteiger partial charge in [-0.15, -0.1) is 0 Å². The summed E-state index contributed by atoms with van der Waals surface area (Å²) in [4.78, 5) is 6.08. The number of hydrogen-bond donors (Lipinski definition) is 1. The summed E-state index contributed by atoms with van der Waals surface area (Å²) in [6.45, 7) is 4.27. The number of aromatic nitrogens is 1. The van der Waals surface area contributed by atoms with Crippen molar-refractivity contribution in [3.8, 4) is 0 Å². The Balaban J connectivity index is 2.88. The molecule has 0 bridgehead atoms. The van der Waals surface area contributed by atoms with E-state index in [-0.39, 0.29) is 0 Å². The van der Waals surface area contributed by atoms with Gasteiger partial charge in [-0.1, -0.05) is 0 Å². The molecule has 1 heterocycles. The van der Waals surface area contributed by atoms with Gasteiger partial charge in [0.15, 0.2) is 0 Å². The molecule has 0 unspecified atom stereocenters. The second kappa shape index (κ2) is 3.43. The Labute approximate surface area is 73.2 Å². The molecule has 3 heteroatoms. The zero-order chi connectivity index (χ0) is 9.14. The minimum Gasteiger partial charge on any atom is -0.384 e. The fraction of sp³-hybridized carbons (Fsp3) is 0.444. The Morgan fingerprint density at radius 3 is 2.67 bits per heavy atom. The minimum atomic E-state index is 0.479. The number of nitrogens with two attached hydrogens (primary N) is 1. The van der Waals surface area contributed by atoms with Gasteiger partial charge in [-0.25, -0.2) is 4.98 Å². The van der Waals surface area contributed by atoms with Crippen molar-refractivity contribution in [2.75, 3.05) is 17.7 Å². The largest absolute Gasteiger partial charge is 0.384 e. The van der Waals surface area contributed by atoms with Crippen LogP contribution in [0.2, 0.25) is 0 Å². The summed E-state index contributed by atoms with van der Waals surface area (Å²) in [6.07, 6.45) is 1.73. The van der Waals surface area contributed by atoms with Crippen LogP contribution in [0.4, 0.5) is 11.5 Å². The van der Waals surface area contributed by atoms with E-state index in [9.17, 15) is 0 Å². The normalized spacial score (nSPS) is 10.3. The Hall–Kier alpha value is -1.25. The van der Waals surface area contributed by atoms with Crippen LogP contribution < -0.4 is 10.6 Å². The van der Waals surface area contributed by atoms with Crippen molar-refractivity contribution in [2.45, 2.75) is 19.9 Å². The number of hydrogen-bond acceptors (Lipinski definition) is 3. The van der Waals surface area contributed by atoms with Crippen molar-refractivity contribution >= 4 is 11.5 Å². The third kappa shape index (κ3) is 1.87. The molecule has 2 N–H and O–H groups in total. The fourth-order valence-corrected chi connectivity index (χ4v) is 0.954. The van der Waals surface area contributed by atoms with Gasteiger partial charge in [0, 0.05) is 31.0 Å². The number of nitrogen functional groups attached to an aromatic ring is 1. The summed E-state index contributed by atoms with van der Waals surface area (Å²) >= 11 is 0. The Morgan fingerprint density at radius 1 is 1.50 bits per heavy atom. The van der Waals surface area contributed by atoms with Crippen LogP contribution in [0.25, 0.3) is 0 Å². The molecule has 0 aliphatic rings. The van der Waals surface area contributed by atoms with Crippen LogP contribution in [0.1, 0.15) is 13.8 Å². The van der Waals surface area contributed by atoms with Crippen LogP contribution in [-0.2, 0) is 0 Å². The molecule has 0 radical (unpaired) electrons. The summed E-state index contributed by atoms with van der Waals surface area (Å²) < 4.78 is 0. The molecular formula is C9H15N3. The van der Waals surface area contributed by atoms with Crippen LogP contribution >= 0.6 is 0 Å². The summed E-state index contributed by atoms with van der Waals surface area (Å²) in [7, 11) is 2.04. The van der Waals surface area contributed by atoms with E-state index in [1.807, 2.05) is 19.2 Å². The van der Waals surface area contributed by atoms with Crippen molar-refractivity contribution in [3.63, 3.8) is 0 Å². The first kappa shape index (κ1) is 8.84. The molecule has 3 nitrogen and oxygen atoms in total. The number of nitrogens with zero attached hydrogens (tertiary/aromatic N) is 2. The van der Waals surface area contributed by atoms with Crippen molar-refractivity contribution in [1.29, 1.82) is 0 Å². The molecule has 0 spiro atoms. The maximum atomic E-state index is 5.56. The molecule has 1 rings (SSSR count). The molecule has 0 fully saturated rings. The van der Waals surface area contributed by atoms with E-state index in [0.29, 0.717) is 11.9 Å². The number of rotatable bonds is 2. The average molecular weight is 165 g/mol.